The third-order valence-corrected chi connectivity index (χ3v) is 4.50. The van der Waals surface area contributed by atoms with Crippen LogP contribution in [0.1, 0.15) is 15.9 Å². The van der Waals surface area contributed by atoms with Gasteiger partial charge in [0.05, 0.1) is 36.3 Å². The van der Waals surface area contributed by atoms with Crippen LogP contribution in [0.3, 0.4) is 0 Å². The monoisotopic (exact) mass is 466 g/mol. The Morgan fingerprint density at radius 2 is 1.59 bits per heavy atom. The van der Waals surface area contributed by atoms with Crippen molar-refractivity contribution in [2.75, 3.05) is 14.2 Å². The second kappa shape index (κ2) is 10.5. The van der Waals surface area contributed by atoms with Gasteiger partial charge in [0.1, 0.15) is 5.75 Å². The summed E-state index contributed by atoms with van der Waals surface area (Å²) in [6.07, 6.45) is 1.30. The van der Waals surface area contributed by atoms with Gasteiger partial charge in [0, 0.05) is 17.2 Å². The fourth-order valence-electron chi connectivity index (χ4n) is 2.85. The molecule has 3 rings (SSSR count). The number of nitrogens with one attached hydrogen (secondary N) is 1. The smallest absolute Gasteiger partial charge is 0.318 e. The van der Waals surface area contributed by atoms with Crippen LogP contribution in [0.25, 0.3) is 0 Å². The van der Waals surface area contributed by atoms with Crippen molar-refractivity contribution in [1.82, 2.24) is 5.43 Å². The summed E-state index contributed by atoms with van der Waals surface area (Å²) in [5.74, 6) is 0.326. The zero-order valence-corrected chi connectivity index (χ0v) is 18.0. The number of rotatable bonds is 9. The Morgan fingerprint density at radius 1 is 0.882 bits per heavy atom. The van der Waals surface area contributed by atoms with Crippen LogP contribution in [0.5, 0.6) is 23.0 Å². The predicted molar refractivity (Wildman–Crippen MR) is 121 cm³/mol. The Hall–Kier alpha value is -5.00. The van der Waals surface area contributed by atoms with E-state index in [1.807, 2.05) is 0 Å². The molecular formula is C22H18N4O8. The normalized spacial score (nSPS) is 10.5. The molecule has 0 fully saturated rings. The lowest BCUT2D eigenvalue weighted by Crippen LogP contribution is -2.17. The number of hydrogen-bond donors (Lipinski definition) is 1. The van der Waals surface area contributed by atoms with Crippen molar-refractivity contribution in [3.05, 3.63) is 92.0 Å². The number of carbonyl (C=O) groups excluding carboxylic acids is 1. The average molecular weight is 466 g/mol. The predicted octanol–water partition coefficient (Wildman–Crippen LogP) is 4.08. The van der Waals surface area contributed by atoms with Gasteiger partial charge in [-0.05, 0) is 36.4 Å². The molecule has 0 unspecified atom stereocenters. The lowest BCUT2D eigenvalue weighted by Gasteiger charge is -2.09. The number of nitro benzene ring substituents is 2. The SMILES string of the molecule is COc1ccc(C(=O)N/N=C/c2ccccc2Oc2ccc([N+](=O)[O-])cc2[N+](=O)[O-])cc1OC. The van der Waals surface area contributed by atoms with Gasteiger partial charge in [0.25, 0.3) is 11.6 Å². The summed E-state index contributed by atoms with van der Waals surface area (Å²) >= 11 is 0. The van der Waals surface area contributed by atoms with Crippen molar-refractivity contribution in [1.29, 1.82) is 0 Å². The minimum absolute atomic E-state index is 0.184. The molecule has 0 atom stereocenters. The van der Waals surface area contributed by atoms with Crippen molar-refractivity contribution in [3.63, 3.8) is 0 Å². The highest BCUT2D eigenvalue weighted by atomic mass is 16.6. The molecular weight excluding hydrogens is 448 g/mol. The maximum absolute atomic E-state index is 12.4. The quantitative estimate of drug-likeness (QED) is 0.281. The van der Waals surface area contributed by atoms with E-state index in [0.29, 0.717) is 17.1 Å². The molecule has 1 N–H and O–H groups in total. The Morgan fingerprint density at radius 3 is 2.26 bits per heavy atom. The third-order valence-electron chi connectivity index (χ3n) is 4.50. The fourth-order valence-corrected chi connectivity index (χ4v) is 2.85. The second-order valence-electron chi connectivity index (χ2n) is 6.58. The maximum Gasteiger partial charge on any atom is 0.318 e. The summed E-state index contributed by atoms with van der Waals surface area (Å²) < 4.78 is 15.9. The summed E-state index contributed by atoms with van der Waals surface area (Å²) in [7, 11) is 2.93. The summed E-state index contributed by atoms with van der Waals surface area (Å²) in [6.45, 7) is 0. The summed E-state index contributed by atoms with van der Waals surface area (Å²) in [4.78, 5) is 33.2. The van der Waals surface area contributed by atoms with E-state index in [1.165, 1.54) is 38.6 Å². The van der Waals surface area contributed by atoms with Crippen LogP contribution in [0.15, 0.2) is 65.8 Å². The van der Waals surface area contributed by atoms with E-state index in [1.54, 1.807) is 24.3 Å². The Balaban J connectivity index is 1.79. The van der Waals surface area contributed by atoms with Crippen LogP contribution in [0, 0.1) is 20.2 Å². The number of benzene rings is 3. The van der Waals surface area contributed by atoms with Gasteiger partial charge in [0.2, 0.25) is 5.75 Å². The topological polar surface area (TPSA) is 155 Å². The first-order chi connectivity index (χ1) is 16.3. The maximum atomic E-state index is 12.4. The lowest BCUT2D eigenvalue weighted by atomic mass is 10.2. The molecule has 34 heavy (non-hydrogen) atoms. The van der Waals surface area contributed by atoms with E-state index in [9.17, 15) is 25.0 Å². The molecule has 0 saturated heterocycles. The van der Waals surface area contributed by atoms with Crippen molar-refractivity contribution in [2.24, 2.45) is 5.10 Å². The summed E-state index contributed by atoms with van der Waals surface area (Å²) in [5.41, 5.74) is 2.04. The molecule has 0 heterocycles. The number of para-hydroxylation sites is 1. The molecule has 0 aliphatic rings. The number of methoxy groups -OCH3 is 2. The van der Waals surface area contributed by atoms with E-state index < -0.39 is 27.1 Å². The van der Waals surface area contributed by atoms with Crippen molar-refractivity contribution < 1.29 is 28.9 Å². The number of hydrogen-bond acceptors (Lipinski definition) is 9. The first-order valence-corrected chi connectivity index (χ1v) is 9.59. The molecule has 12 heteroatoms. The molecule has 0 radical (unpaired) electrons. The van der Waals surface area contributed by atoms with Gasteiger partial charge in [-0.15, -0.1) is 0 Å². The molecule has 0 spiro atoms. The van der Waals surface area contributed by atoms with E-state index in [-0.39, 0.29) is 17.1 Å². The van der Waals surface area contributed by atoms with Crippen LogP contribution >= 0.6 is 0 Å². The minimum Gasteiger partial charge on any atom is -0.493 e. The Bertz CT molecular complexity index is 1280. The molecule has 174 valence electrons. The molecule has 3 aromatic rings. The van der Waals surface area contributed by atoms with Gasteiger partial charge < -0.3 is 14.2 Å². The molecule has 1 amide bonds. The van der Waals surface area contributed by atoms with Crippen LogP contribution < -0.4 is 19.6 Å². The lowest BCUT2D eigenvalue weighted by molar-refractivity contribution is -0.394. The van der Waals surface area contributed by atoms with Crippen LogP contribution in [-0.2, 0) is 0 Å². The van der Waals surface area contributed by atoms with Crippen LogP contribution in [0.2, 0.25) is 0 Å². The number of carbonyl (C=O) groups is 1. The van der Waals surface area contributed by atoms with Gasteiger partial charge in [0.15, 0.2) is 11.5 Å². The van der Waals surface area contributed by atoms with Gasteiger partial charge in [-0.2, -0.15) is 5.10 Å². The Kier molecular flexibility index (Phi) is 7.34. The number of amides is 1. The standard InChI is InChI=1S/C22H18N4O8/c1-32-20-9-7-14(11-21(20)33-2)22(27)24-23-13-15-5-3-4-6-18(15)34-19-10-8-16(25(28)29)12-17(19)26(30)31/h3-13H,1-2H3,(H,24,27)/b23-13+. The summed E-state index contributed by atoms with van der Waals surface area (Å²) in [5, 5.41) is 26.2. The molecule has 0 aliphatic carbocycles. The number of non-ortho nitro benzene ring substituents is 1. The van der Waals surface area contributed by atoms with Gasteiger partial charge in [-0.1, -0.05) is 12.1 Å². The molecule has 0 aliphatic heterocycles. The average Bonchev–Trinajstić information content (AvgIpc) is 2.84. The molecule has 12 nitrogen and oxygen atoms in total. The number of hydrazone groups is 1. The molecule has 3 aromatic carbocycles. The summed E-state index contributed by atoms with van der Waals surface area (Å²) in [6, 6.07) is 14.1. The largest absolute Gasteiger partial charge is 0.493 e. The van der Waals surface area contributed by atoms with Crippen molar-refractivity contribution >= 4 is 23.5 Å². The van der Waals surface area contributed by atoms with E-state index in [0.717, 1.165) is 18.2 Å². The molecule has 0 bridgehead atoms. The highest BCUT2D eigenvalue weighted by Crippen LogP contribution is 2.35. The van der Waals surface area contributed by atoms with Gasteiger partial charge in [-0.25, -0.2) is 5.43 Å². The van der Waals surface area contributed by atoms with Crippen LogP contribution in [0.4, 0.5) is 11.4 Å². The number of nitro groups is 2. The molecule has 0 aromatic heterocycles. The molecule has 0 saturated carbocycles. The van der Waals surface area contributed by atoms with Gasteiger partial charge in [-0.3, -0.25) is 25.0 Å². The zero-order chi connectivity index (χ0) is 24.7. The van der Waals surface area contributed by atoms with Crippen molar-refractivity contribution in [2.45, 2.75) is 0 Å². The fraction of sp³-hybridized carbons (Fsp3) is 0.0909. The Labute approximate surface area is 192 Å². The van der Waals surface area contributed by atoms with E-state index >= 15 is 0 Å². The van der Waals surface area contributed by atoms with E-state index in [2.05, 4.69) is 10.5 Å². The first kappa shape index (κ1) is 23.7. The number of nitrogens with zero attached hydrogens (tertiary/aromatic N) is 3. The second-order valence-corrected chi connectivity index (χ2v) is 6.58. The van der Waals surface area contributed by atoms with E-state index in [4.69, 9.17) is 14.2 Å². The first-order valence-electron chi connectivity index (χ1n) is 9.59. The highest BCUT2D eigenvalue weighted by molar-refractivity contribution is 5.95. The number of ether oxygens (including phenoxy) is 3. The van der Waals surface area contributed by atoms with Crippen LogP contribution in [-0.4, -0.2) is 36.2 Å². The van der Waals surface area contributed by atoms with Crippen molar-refractivity contribution in [3.8, 4) is 23.0 Å². The minimum atomic E-state index is -0.775. The highest BCUT2D eigenvalue weighted by Gasteiger charge is 2.21. The zero-order valence-electron chi connectivity index (χ0n) is 18.0. The van der Waals surface area contributed by atoms with Gasteiger partial charge >= 0.3 is 5.69 Å². The third kappa shape index (κ3) is 5.43.